The smallest absolute Gasteiger partial charge is 0.289 e. The number of rotatable bonds is 4. The number of hydrogen-bond donors (Lipinski definition) is 1. The van der Waals surface area contributed by atoms with Crippen LogP contribution < -0.4 is 9.47 Å². The second-order valence-corrected chi connectivity index (χ2v) is 6.54. The first-order chi connectivity index (χ1) is 13.6. The summed E-state index contributed by atoms with van der Waals surface area (Å²) in [5.74, 6) is 1.28. The molecular formula is C20H21N3O5. The number of H-pyrrole nitrogens is 1. The van der Waals surface area contributed by atoms with Gasteiger partial charge in [-0.15, -0.1) is 0 Å². The van der Waals surface area contributed by atoms with Gasteiger partial charge in [-0.2, -0.15) is 0 Å². The fourth-order valence-electron chi connectivity index (χ4n) is 3.41. The van der Waals surface area contributed by atoms with Crippen LogP contribution in [0.2, 0.25) is 0 Å². The van der Waals surface area contributed by atoms with Crippen LogP contribution in [0.1, 0.15) is 21.0 Å². The first-order valence-electron chi connectivity index (χ1n) is 8.97. The molecule has 3 aromatic rings. The maximum absolute atomic E-state index is 12.9. The average Bonchev–Trinajstić information content (AvgIpc) is 3.41. The second kappa shape index (κ2) is 7.30. The van der Waals surface area contributed by atoms with Crippen molar-refractivity contribution in [3.05, 3.63) is 48.0 Å². The molecule has 0 spiro atoms. The molecular weight excluding hydrogens is 362 g/mol. The van der Waals surface area contributed by atoms with Gasteiger partial charge in [0.15, 0.2) is 17.3 Å². The Bertz CT molecular complexity index is 959. The number of hydrogen-bond acceptors (Lipinski definition) is 5. The van der Waals surface area contributed by atoms with Crippen LogP contribution >= 0.6 is 0 Å². The quantitative estimate of drug-likeness (QED) is 0.747. The number of aromatic amines is 1. The molecule has 0 aliphatic carbocycles. The molecule has 0 radical (unpaired) electrons. The van der Waals surface area contributed by atoms with Gasteiger partial charge >= 0.3 is 0 Å². The molecule has 8 nitrogen and oxygen atoms in total. The van der Waals surface area contributed by atoms with Crippen molar-refractivity contribution < 1.29 is 23.5 Å². The lowest BCUT2D eigenvalue weighted by molar-refractivity contribution is 0.0516. The van der Waals surface area contributed by atoms with Gasteiger partial charge in [-0.1, -0.05) is 0 Å². The predicted octanol–water partition coefficient (Wildman–Crippen LogP) is 2.38. The van der Waals surface area contributed by atoms with Crippen LogP contribution in [-0.4, -0.2) is 67.0 Å². The van der Waals surface area contributed by atoms with Crippen LogP contribution in [0.15, 0.2) is 41.0 Å². The molecule has 1 fully saturated rings. The molecule has 3 heterocycles. The van der Waals surface area contributed by atoms with Crippen molar-refractivity contribution >= 4 is 22.7 Å². The number of nitrogens with one attached hydrogen (secondary N) is 1. The highest BCUT2D eigenvalue weighted by Crippen LogP contribution is 2.32. The first kappa shape index (κ1) is 18.0. The molecule has 2 amide bonds. The third-order valence-corrected chi connectivity index (χ3v) is 4.94. The van der Waals surface area contributed by atoms with Gasteiger partial charge < -0.3 is 28.7 Å². The Morgan fingerprint density at radius 2 is 1.61 bits per heavy atom. The summed E-state index contributed by atoms with van der Waals surface area (Å²) < 4.78 is 15.8. The maximum atomic E-state index is 12.9. The number of carbonyl (C=O) groups excluding carboxylic acids is 2. The number of aromatic nitrogens is 1. The second-order valence-electron chi connectivity index (χ2n) is 6.54. The van der Waals surface area contributed by atoms with E-state index in [4.69, 9.17) is 13.9 Å². The topological polar surface area (TPSA) is 88.0 Å². The largest absolute Gasteiger partial charge is 0.493 e. The van der Waals surface area contributed by atoms with Gasteiger partial charge in [0, 0.05) is 43.1 Å². The van der Waals surface area contributed by atoms with Crippen LogP contribution in [0, 0.1) is 0 Å². The zero-order valence-electron chi connectivity index (χ0n) is 15.7. The minimum atomic E-state index is -0.151. The maximum Gasteiger partial charge on any atom is 0.289 e. The summed E-state index contributed by atoms with van der Waals surface area (Å²) in [5, 5.41) is 0.868. The van der Waals surface area contributed by atoms with E-state index in [1.165, 1.54) is 6.26 Å². The van der Waals surface area contributed by atoms with Crippen molar-refractivity contribution in [1.29, 1.82) is 0 Å². The van der Waals surface area contributed by atoms with Gasteiger partial charge in [0.1, 0.15) is 5.69 Å². The number of piperazine rings is 1. The minimum absolute atomic E-state index is 0.0979. The van der Waals surface area contributed by atoms with Gasteiger partial charge in [0.2, 0.25) is 0 Å². The van der Waals surface area contributed by atoms with Gasteiger partial charge in [0.05, 0.1) is 20.5 Å². The summed E-state index contributed by atoms with van der Waals surface area (Å²) >= 11 is 0. The number of furan rings is 1. The number of nitrogens with zero attached hydrogens (tertiary/aromatic N) is 2. The summed E-state index contributed by atoms with van der Waals surface area (Å²) in [5.41, 5.74) is 1.30. The molecule has 0 atom stereocenters. The van der Waals surface area contributed by atoms with Gasteiger partial charge in [-0.25, -0.2) is 0 Å². The number of methoxy groups -OCH3 is 2. The Kier molecular flexibility index (Phi) is 4.68. The first-order valence-corrected chi connectivity index (χ1v) is 8.97. The van der Waals surface area contributed by atoms with E-state index in [2.05, 4.69) is 4.98 Å². The van der Waals surface area contributed by atoms with E-state index in [-0.39, 0.29) is 11.8 Å². The standard InChI is InChI=1S/C20H21N3O5/c1-26-17-11-13-10-15(21-14(13)12-18(17)27-2)19(24)22-5-7-23(8-6-22)20(25)16-4-3-9-28-16/h3-4,9-12,21H,5-8H2,1-2H3. The van der Waals surface area contributed by atoms with Crippen molar-refractivity contribution in [3.63, 3.8) is 0 Å². The highest BCUT2D eigenvalue weighted by molar-refractivity contribution is 5.99. The molecule has 1 saturated heterocycles. The Balaban J connectivity index is 1.47. The molecule has 0 saturated carbocycles. The summed E-state index contributed by atoms with van der Waals surface area (Å²) in [4.78, 5) is 31.8. The van der Waals surface area contributed by atoms with Crippen LogP contribution in [0.5, 0.6) is 11.5 Å². The van der Waals surface area contributed by atoms with E-state index in [1.807, 2.05) is 12.1 Å². The summed E-state index contributed by atoms with van der Waals surface area (Å²) in [7, 11) is 3.15. The number of fused-ring (bicyclic) bond motifs is 1. The molecule has 1 aromatic carbocycles. The lowest BCUT2D eigenvalue weighted by Crippen LogP contribution is -2.50. The molecule has 0 bridgehead atoms. The fraction of sp³-hybridized carbons (Fsp3) is 0.300. The van der Waals surface area contributed by atoms with E-state index >= 15 is 0 Å². The van der Waals surface area contributed by atoms with Crippen LogP contribution in [0.3, 0.4) is 0 Å². The number of amides is 2. The monoisotopic (exact) mass is 383 g/mol. The Morgan fingerprint density at radius 1 is 0.964 bits per heavy atom. The third-order valence-electron chi connectivity index (χ3n) is 4.94. The summed E-state index contributed by atoms with van der Waals surface area (Å²) in [6.07, 6.45) is 1.48. The van der Waals surface area contributed by atoms with Gasteiger partial charge in [-0.3, -0.25) is 9.59 Å². The van der Waals surface area contributed by atoms with Crippen molar-refractivity contribution in [2.45, 2.75) is 0 Å². The molecule has 146 valence electrons. The van der Waals surface area contributed by atoms with Crippen molar-refractivity contribution in [2.75, 3.05) is 40.4 Å². The molecule has 1 aliphatic rings. The summed E-state index contributed by atoms with van der Waals surface area (Å²) in [6.45, 7) is 1.86. The van der Waals surface area contributed by atoms with Crippen molar-refractivity contribution in [3.8, 4) is 11.5 Å². The van der Waals surface area contributed by atoms with Gasteiger partial charge in [0.25, 0.3) is 11.8 Å². The molecule has 2 aromatic heterocycles. The number of ether oxygens (including phenoxy) is 2. The van der Waals surface area contributed by atoms with E-state index in [0.717, 1.165) is 10.9 Å². The Labute approximate surface area is 161 Å². The van der Waals surface area contributed by atoms with Crippen LogP contribution in [0.25, 0.3) is 10.9 Å². The lowest BCUT2D eigenvalue weighted by Gasteiger charge is -2.34. The van der Waals surface area contributed by atoms with E-state index in [0.29, 0.717) is 49.1 Å². The third kappa shape index (κ3) is 3.17. The van der Waals surface area contributed by atoms with Gasteiger partial charge in [-0.05, 0) is 24.3 Å². The highest BCUT2D eigenvalue weighted by Gasteiger charge is 2.27. The molecule has 0 unspecified atom stereocenters. The fourth-order valence-corrected chi connectivity index (χ4v) is 3.41. The molecule has 8 heteroatoms. The molecule has 1 aliphatic heterocycles. The lowest BCUT2D eigenvalue weighted by atomic mass is 10.2. The Morgan fingerprint density at radius 3 is 2.21 bits per heavy atom. The normalized spacial score (nSPS) is 14.4. The van der Waals surface area contributed by atoms with E-state index < -0.39 is 0 Å². The highest BCUT2D eigenvalue weighted by atomic mass is 16.5. The molecule has 28 heavy (non-hydrogen) atoms. The zero-order chi connectivity index (χ0) is 19.7. The average molecular weight is 383 g/mol. The Hall–Kier alpha value is -3.42. The van der Waals surface area contributed by atoms with E-state index in [9.17, 15) is 9.59 Å². The number of carbonyl (C=O) groups is 2. The molecule has 4 rings (SSSR count). The van der Waals surface area contributed by atoms with Crippen LogP contribution in [-0.2, 0) is 0 Å². The molecule has 1 N–H and O–H groups in total. The minimum Gasteiger partial charge on any atom is -0.493 e. The SMILES string of the molecule is COc1cc2cc(C(=O)N3CCN(C(=O)c4ccco4)CC3)[nH]c2cc1OC. The van der Waals surface area contributed by atoms with E-state index in [1.54, 1.807) is 42.2 Å². The summed E-state index contributed by atoms with van der Waals surface area (Å²) in [6, 6.07) is 8.78. The number of benzene rings is 1. The van der Waals surface area contributed by atoms with Crippen molar-refractivity contribution in [2.24, 2.45) is 0 Å². The van der Waals surface area contributed by atoms with Crippen LogP contribution in [0.4, 0.5) is 0 Å². The zero-order valence-corrected chi connectivity index (χ0v) is 15.7. The van der Waals surface area contributed by atoms with Crippen molar-refractivity contribution in [1.82, 2.24) is 14.8 Å². The predicted molar refractivity (Wildman–Crippen MR) is 102 cm³/mol.